The number of aromatic nitrogens is 1. The maximum absolute atomic E-state index is 12.9. The van der Waals surface area contributed by atoms with E-state index in [1.54, 1.807) is 0 Å². The van der Waals surface area contributed by atoms with E-state index in [1.807, 2.05) is 29.2 Å². The molecule has 0 unspecified atom stereocenters. The van der Waals surface area contributed by atoms with Crippen molar-refractivity contribution in [3.8, 4) is 0 Å². The van der Waals surface area contributed by atoms with E-state index in [4.69, 9.17) is 0 Å². The zero-order valence-corrected chi connectivity index (χ0v) is 14.5. The lowest BCUT2D eigenvalue weighted by molar-refractivity contribution is 0.0733. The molecular formula is C19H17BrN2O. The summed E-state index contributed by atoms with van der Waals surface area (Å²) < 4.78 is 3.12. The molecule has 1 aliphatic heterocycles. The van der Waals surface area contributed by atoms with Crippen LogP contribution in [0.4, 0.5) is 0 Å². The zero-order valence-electron chi connectivity index (χ0n) is 12.9. The molecule has 3 aromatic rings. The molecule has 2 heterocycles. The predicted octanol–water partition coefficient (Wildman–Crippen LogP) is 4.14. The summed E-state index contributed by atoms with van der Waals surface area (Å²) >= 11 is 3.49. The molecule has 0 N–H and O–H groups in total. The van der Waals surface area contributed by atoms with E-state index in [1.165, 1.54) is 22.2 Å². The highest BCUT2D eigenvalue weighted by molar-refractivity contribution is 9.10. The molecular weight excluding hydrogens is 352 g/mol. The van der Waals surface area contributed by atoms with E-state index >= 15 is 0 Å². The third-order valence-corrected chi connectivity index (χ3v) is 5.39. The Morgan fingerprint density at radius 3 is 2.65 bits per heavy atom. The molecule has 0 saturated carbocycles. The fourth-order valence-electron chi connectivity index (χ4n) is 3.51. The zero-order chi connectivity index (χ0) is 16.0. The van der Waals surface area contributed by atoms with Gasteiger partial charge in [-0.05, 0) is 34.1 Å². The topological polar surface area (TPSA) is 25.2 Å². The highest BCUT2D eigenvalue weighted by Gasteiger charge is 2.26. The number of para-hydroxylation sites is 1. The smallest absolute Gasteiger partial charge is 0.255 e. The molecule has 2 aromatic carbocycles. The van der Waals surface area contributed by atoms with E-state index < -0.39 is 0 Å². The number of hydrogen-bond acceptors (Lipinski definition) is 1. The standard InChI is InChI=1S/C19H17BrN2O/c1-21-17-9-5-3-6-13(17)15-12-22(11-10-18(15)21)19(23)14-7-2-4-8-16(14)20/h2-9H,10-12H2,1H3. The molecule has 0 radical (unpaired) electrons. The lowest BCUT2D eigenvalue weighted by atomic mass is 10.0. The van der Waals surface area contributed by atoms with Crippen molar-refractivity contribution in [1.82, 2.24) is 9.47 Å². The van der Waals surface area contributed by atoms with Gasteiger partial charge in [0.05, 0.1) is 5.56 Å². The van der Waals surface area contributed by atoms with Gasteiger partial charge in [-0.15, -0.1) is 0 Å². The van der Waals surface area contributed by atoms with Gasteiger partial charge in [-0.25, -0.2) is 0 Å². The van der Waals surface area contributed by atoms with Crippen molar-refractivity contribution in [3.05, 3.63) is 69.8 Å². The van der Waals surface area contributed by atoms with Gasteiger partial charge in [-0.2, -0.15) is 0 Å². The summed E-state index contributed by atoms with van der Waals surface area (Å²) in [6.07, 6.45) is 0.900. The van der Waals surface area contributed by atoms with Crippen LogP contribution >= 0.6 is 15.9 Å². The van der Waals surface area contributed by atoms with Crippen LogP contribution in [-0.2, 0) is 20.0 Å². The van der Waals surface area contributed by atoms with E-state index in [0.717, 1.165) is 23.0 Å². The average Bonchev–Trinajstić information content (AvgIpc) is 2.88. The van der Waals surface area contributed by atoms with Crippen LogP contribution in [0.2, 0.25) is 0 Å². The van der Waals surface area contributed by atoms with Crippen molar-refractivity contribution in [3.63, 3.8) is 0 Å². The Bertz CT molecular complexity index is 913. The molecule has 0 bridgehead atoms. The minimum Gasteiger partial charge on any atom is -0.347 e. The first-order chi connectivity index (χ1) is 11.2. The molecule has 116 valence electrons. The van der Waals surface area contributed by atoms with Crippen LogP contribution in [0.3, 0.4) is 0 Å². The average molecular weight is 369 g/mol. The molecule has 0 aliphatic carbocycles. The minimum atomic E-state index is 0.0936. The summed E-state index contributed by atoms with van der Waals surface area (Å²) in [6, 6.07) is 16.1. The molecule has 0 spiro atoms. The molecule has 0 fully saturated rings. The number of fused-ring (bicyclic) bond motifs is 3. The van der Waals surface area contributed by atoms with Gasteiger partial charge in [-0.1, -0.05) is 30.3 Å². The second-order valence-corrected chi connectivity index (χ2v) is 6.81. The molecule has 1 aliphatic rings. The quantitative estimate of drug-likeness (QED) is 0.633. The van der Waals surface area contributed by atoms with Gasteiger partial charge < -0.3 is 9.47 Å². The number of halogens is 1. The summed E-state index contributed by atoms with van der Waals surface area (Å²) in [5, 5.41) is 1.26. The molecule has 1 amide bonds. The third kappa shape index (κ3) is 2.29. The Kier molecular flexibility index (Phi) is 3.49. The van der Waals surface area contributed by atoms with E-state index in [2.05, 4.69) is 51.8 Å². The van der Waals surface area contributed by atoms with Crippen molar-refractivity contribution in [1.29, 1.82) is 0 Å². The number of carbonyl (C=O) groups is 1. The number of amides is 1. The number of hydrogen-bond donors (Lipinski definition) is 0. The van der Waals surface area contributed by atoms with Gasteiger partial charge in [0.2, 0.25) is 0 Å². The second kappa shape index (κ2) is 5.53. The number of nitrogens with zero attached hydrogens (tertiary/aromatic N) is 2. The molecule has 4 heteroatoms. The number of benzene rings is 2. The van der Waals surface area contributed by atoms with E-state index in [-0.39, 0.29) is 5.91 Å². The third-order valence-electron chi connectivity index (χ3n) is 4.70. The minimum absolute atomic E-state index is 0.0936. The predicted molar refractivity (Wildman–Crippen MR) is 95.5 cm³/mol. The molecule has 1 aromatic heterocycles. The molecule has 0 atom stereocenters. The summed E-state index contributed by atoms with van der Waals surface area (Å²) in [5.74, 6) is 0.0936. The Morgan fingerprint density at radius 1 is 1.09 bits per heavy atom. The van der Waals surface area contributed by atoms with Crippen LogP contribution in [-0.4, -0.2) is 21.9 Å². The normalized spacial score (nSPS) is 14.1. The van der Waals surface area contributed by atoms with Gasteiger partial charge in [-0.3, -0.25) is 4.79 Å². The maximum atomic E-state index is 12.9. The van der Waals surface area contributed by atoms with E-state index in [9.17, 15) is 4.79 Å². The first-order valence-corrected chi connectivity index (χ1v) is 8.55. The van der Waals surface area contributed by atoms with Gasteiger partial charge in [0, 0.05) is 53.2 Å². The first kappa shape index (κ1) is 14.5. The lowest BCUT2D eigenvalue weighted by Gasteiger charge is -2.28. The number of rotatable bonds is 1. The van der Waals surface area contributed by atoms with Crippen LogP contribution in [0.5, 0.6) is 0 Å². The van der Waals surface area contributed by atoms with E-state index in [0.29, 0.717) is 6.54 Å². The van der Waals surface area contributed by atoms with Gasteiger partial charge in [0.15, 0.2) is 0 Å². The largest absolute Gasteiger partial charge is 0.347 e. The Morgan fingerprint density at radius 2 is 1.83 bits per heavy atom. The van der Waals surface area contributed by atoms with Gasteiger partial charge in [0.25, 0.3) is 5.91 Å². The highest BCUT2D eigenvalue weighted by Crippen LogP contribution is 2.31. The van der Waals surface area contributed by atoms with Crippen LogP contribution in [0.25, 0.3) is 10.9 Å². The van der Waals surface area contributed by atoms with Gasteiger partial charge >= 0.3 is 0 Å². The SMILES string of the molecule is Cn1c2c(c3ccccc31)CN(C(=O)c1ccccc1Br)CC2. The summed E-state index contributed by atoms with van der Waals surface area (Å²) in [7, 11) is 2.12. The van der Waals surface area contributed by atoms with Crippen molar-refractivity contribution in [2.75, 3.05) is 6.54 Å². The number of carbonyl (C=O) groups excluding carboxylic acids is 1. The monoisotopic (exact) mass is 368 g/mol. The number of aryl methyl sites for hydroxylation is 1. The van der Waals surface area contributed by atoms with Crippen LogP contribution in [0.15, 0.2) is 53.0 Å². The lowest BCUT2D eigenvalue weighted by Crippen LogP contribution is -2.36. The highest BCUT2D eigenvalue weighted by atomic mass is 79.9. The second-order valence-electron chi connectivity index (χ2n) is 5.96. The summed E-state index contributed by atoms with van der Waals surface area (Å²) in [4.78, 5) is 14.8. The van der Waals surface area contributed by atoms with Crippen molar-refractivity contribution in [2.45, 2.75) is 13.0 Å². The Hall–Kier alpha value is -2.07. The summed E-state index contributed by atoms with van der Waals surface area (Å²) in [6.45, 7) is 1.44. The molecule has 4 rings (SSSR count). The Labute approximate surface area is 143 Å². The van der Waals surface area contributed by atoms with Crippen LogP contribution in [0, 0.1) is 0 Å². The fraction of sp³-hybridized carbons (Fsp3) is 0.211. The maximum Gasteiger partial charge on any atom is 0.255 e. The van der Waals surface area contributed by atoms with Crippen molar-refractivity contribution >= 4 is 32.7 Å². The van der Waals surface area contributed by atoms with Crippen molar-refractivity contribution in [2.24, 2.45) is 7.05 Å². The van der Waals surface area contributed by atoms with Crippen molar-refractivity contribution < 1.29 is 4.79 Å². The Balaban J connectivity index is 1.73. The van der Waals surface area contributed by atoms with Crippen LogP contribution < -0.4 is 0 Å². The molecule has 3 nitrogen and oxygen atoms in total. The van der Waals surface area contributed by atoms with Crippen LogP contribution in [0.1, 0.15) is 21.6 Å². The fourth-order valence-corrected chi connectivity index (χ4v) is 3.96. The molecule has 23 heavy (non-hydrogen) atoms. The first-order valence-electron chi connectivity index (χ1n) is 7.76. The molecule has 0 saturated heterocycles. The summed E-state index contributed by atoms with van der Waals surface area (Å²) in [5.41, 5.74) is 4.61. The van der Waals surface area contributed by atoms with Gasteiger partial charge in [0.1, 0.15) is 0 Å².